The van der Waals surface area contributed by atoms with E-state index in [-0.39, 0.29) is 5.91 Å². The number of carbonyl (C=O) groups excluding carboxylic acids is 1. The van der Waals surface area contributed by atoms with Crippen molar-refractivity contribution in [2.45, 2.75) is 33.7 Å². The van der Waals surface area contributed by atoms with Crippen molar-refractivity contribution in [1.82, 2.24) is 5.32 Å². The predicted molar refractivity (Wildman–Crippen MR) is 123 cm³/mol. The van der Waals surface area contributed by atoms with Crippen LogP contribution < -0.4 is 25.4 Å². The molecule has 0 unspecified atom stereocenters. The van der Waals surface area contributed by atoms with Crippen LogP contribution in [0.4, 0.5) is 11.4 Å². The SMILES string of the molecule is CCOc1ccc(NC(=NC)NCc2cccc(NC(=O)CC(C)C)c2)cc1OC. The standard InChI is InChI=1S/C23H32N4O3/c1-6-30-20-11-10-19(14-21(20)29-5)27-23(24-4)25-15-17-8-7-9-18(13-17)26-22(28)12-16(2)3/h7-11,13-14,16H,6,12,15H2,1-5H3,(H,26,28)(H2,24,25,27). The van der Waals surface area contributed by atoms with Crippen molar-refractivity contribution in [2.75, 3.05) is 31.4 Å². The summed E-state index contributed by atoms with van der Waals surface area (Å²) in [6, 6.07) is 13.4. The molecular weight excluding hydrogens is 380 g/mol. The van der Waals surface area contributed by atoms with Gasteiger partial charge in [0, 0.05) is 37.5 Å². The normalized spacial score (nSPS) is 11.2. The van der Waals surface area contributed by atoms with E-state index in [0.29, 0.717) is 42.9 Å². The van der Waals surface area contributed by atoms with Crippen molar-refractivity contribution in [2.24, 2.45) is 10.9 Å². The van der Waals surface area contributed by atoms with Gasteiger partial charge in [-0.15, -0.1) is 0 Å². The lowest BCUT2D eigenvalue weighted by atomic mass is 10.1. The van der Waals surface area contributed by atoms with E-state index in [1.807, 2.05) is 63.2 Å². The molecule has 0 atom stereocenters. The highest BCUT2D eigenvalue weighted by molar-refractivity contribution is 5.94. The average Bonchev–Trinajstić information content (AvgIpc) is 2.71. The summed E-state index contributed by atoms with van der Waals surface area (Å²) in [5.74, 6) is 2.32. The van der Waals surface area contributed by atoms with Crippen LogP contribution in [-0.4, -0.2) is 32.6 Å². The molecule has 0 spiro atoms. The number of hydrogen-bond donors (Lipinski definition) is 3. The van der Waals surface area contributed by atoms with Crippen molar-refractivity contribution < 1.29 is 14.3 Å². The predicted octanol–water partition coefficient (Wildman–Crippen LogP) is 4.27. The molecule has 0 bridgehead atoms. The molecule has 0 heterocycles. The number of ether oxygens (including phenoxy) is 2. The van der Waals surface area contributed by atoms with Gasteiger partial charge in [-0.2, -0.15) is 0 Å². The second-order valence-corrected chi connectivity index (χ2v) is 7.20. The van der Waals surface area contributed by atoms with Crippen LogP contribution in [0, 0.1) is 5.92 Å². The molecule has 0 saturated carbocycles. The number of rotatable bonds is 9. The fourth-order valence-corrected chi connectivity index (χ4v) is 2.86. The van der Waals surface area contributed by atoms with Gasteiger partial charge in [0.1, 0.15) is 0 Å². The van der Waals surface area contributed by atoms with Gasteiger partial charge in [-0.3, -0.25) is 9.79 Å². The number of anilines is 2. The molecule has 2 rings (SSSR count). The molecule has 2 aromatic rings. The number of aliphatic imine (C=N–C) groups is 1. The van der Waals surface area contributed by atoms with Crippen molar-refractivity contribution in [3.05, 3.63) is 48.0 Å². The molecule has 2 aromatic carbocycles. The van der Waals surface area contributed by atoms with E-state index in [9.17, 15) is 4.79 Å². The maximum Gasteiger partial charge on any atom is 0.224 e. The van der Waals surface area contributed by atoms with E-state index >= 15 is 0 Å². The van der Waals surface area contributed by atoms with Gasteiger partial charge >= 0.3 is 0 Å². The van der Waals surface area contributed by atoms with Gasteiger partial charge < -0.3 is 25.4 Å². The number of guanidine groups is 1. The molecule has 1 amide bonds. The smallest absolute Gasteiger partial charge is 0.224 e. The number of amides is 1. The lowest BCUT2D eigenvalue weighted by Crippen LogP contribution is -2.30. The van der Waals surface area contributed by atoms with E-state index in [4.69, 9.17) is 9.47 Å². The first kappa shape index (κ1) is 23.1. The van der Waals surface area contributed by atoms with Crippen LogP contribution in [0.2, 0.25) is 0 Å². The summed E-state index contributed by atoms with van der Waals surface area (Å²) >= 11 is 0. The quantitative estimate of drug-likeness (QED) is 0.423. The van der Waals surface area contributed by atoms with Gasteiger partial charge in [-0.1, -0.05) is 26.0 Å². The molecular formula is C23H32N4O3. The summed E-state index contributed by atoms with van der Waals surface area (Å²) < 4.78 is 10.9. The van der Waals surface area contributed by atoms with Gasteiger partial charge in [0.15, 0.2) is 17.5 Å². The monoisotopic (exact) mass is 412 g/mol. The Balaban J connectivity index is 1.97. The van der Waals surface area contributed by atoms with Crippen molar-refractivity contribution in [3.63, 3.8) is 0 Å². The summed E-state index contributed by atoms with van der Waals surface area (Å²) in [7, 11) is 3.32. The van der Waals surface area contributed by atoms with Crippen LogP contribution in [0.15, 0.2) is 47.5 Å². The number of benzene rings is 2. The van der Waals surface area contributed by atoms with Gasteiger partial charge in [0.2, 0.25) is 5.91 Å². The minimum absolute atomic E-state index is 0.0250. The Morgan fingerprint density at radius 1 is 1.07 bits per heavy atom. The Kier molecular flexibility index (Phi) is 9.00. The molecule has 0 aromatic heterocycles. The topological polar surface area (TPSA) is 84.0 Å². The molecule has 7 heteroatoms. The first-order chi connectivity index (χ1) is 14.4. The Morgan fingerprint density at radius 2 is 1.83 bits per heavy atom. The number of carbonyl (C=O) groups is 1. The highest BCUT2D eigenvalue weighted by atomic mass is 16.5. The molecule has 30 heavy (non-hydrogen) atoms. The van der Waals surface area contributed by atoms with Gasteiger partial charge in [0.25, 0.3) is 0 Å². The number of nitrogens with zero attached hydrogens (tertiary/aromatic N) is 1. The second kappa shape index (κ2) is 11.7. The first-order valence-electron chi connectivity index (χ1n) is 10.1. The van der Waals surface area contributed by atoms with Crippen LogP contribution in [0.3, 0.4) is 0 Å². The minimum atomic E-state index is 0.0250. The number of methoxy groups -OCH3 is 1. The van der Waals surface area contributed by atoms with Crippen molar-refractivity contribution in [3.8, 4) is 11.5 Å². The lowest BCUT2D eigenvalue weighted by Gasteiger charge is -2.15. The van der Waals surface area contributed by atoms with Crippen LogP contribution in [0.25, 0.3) is 0 Å². The molecule has 162 valence electrons. The van der Waals surface area contributed by atoms with Crippen molar-refractivity contribution >= 4 is 23.2 Å². The molecule has 0 radical (unpaired) electrons. The highest BCUT2D eigenvalue weighted by Crippen LogP contribution is 2.30. The Hall–Kier alpha value is -3.22. The number of nitrogens with one attached hydrogen (secondary N) is 3. The fourth-order valence-electron chi connectivity index (χ4n) is 2.86. The van der Waals surface area contributed by atoms with E-state index < -0.39 is 0 Å². The molecule has 0 aliphatic rings. The Bertz CT molecular complexity index is 865. The summed E-state index contributed by atoms with van der Waals surface area (Å²) in [6.45, 7) is 7.12. The summed E-state index contributed by atoms with van der Waals surface area (Å²) in [5, 5.41) is 9.47. The van der Waals surface area contributed by atoms with Gasteiger partial charge in [-0.25, -0.2) is 0 Å². The largest absolute Gasteiger partial charge is 0.493 e. The fraction of sp³-hybridized carbons (Fsp3) is 0.391. The highest BCUT2D eigenvalue weighted by Gasteiger charge is 2.08. The molecule has 0 aliphatic heterocycles. The second-order valence-electron chi connectivity index (χ2n) is 7.20. The zero-order valence-electron chi connectivity index (χ0n) is 18.4. The summed E-state index contributed by atoms with van der Waals surface area (Å²) in [6.07, 6.45) is 0.505. The third-order valence-corrected chi connectivity index (χ3v) is 4.21. The third kappa shape index (κ3) is 7.31. The minimum Gasteiger partial charge on any atom is -0.493 e. The maximum absolute atomic E-state index is 12.0. The molecule has 3 N–H and O–H groups in total. The maximum atomic E-state index is 12.0. The zero-order valence-corrected chi connectivity index (χ0v) is 18.4. The molecule has 0 fully saturated rings. The van der Waals surface area contributed by atoms with Crippen LogP contribution >= 0.6 is 0 Å². The van der Waals surface area contributed by atoms with Gasteiger partial charge in [-0.05, 0) is 42.7 Å². The van der Waals surface area contributed by atoms with Crippen molar-refractivity contribution in [1.29, 1.82) is 0 Å². The lowest BCUT2D eigenvalue weighted by molar-refractivity contribution is -0.116. The summed E-state index contributed by atoms with van der Waals surface area (Å²) in [4.78, 5) is 16.3. The van der Waals surface area contributed by atoms with E-state index in [1.165, 1.54) is 0 Å². The number of hydrogen-bond acceptors (Lipinski definition) is 4. The molecule has 0 saturated heterocycles. The van der Waals surface area contributed by atoms with E-state index in [0.717, 1.165) is 16.9 Å². The third-order valence-electron chi connectivity index (χ3n) is 4.21. The van der Waals surface area contributed by atoms with Gasteiger partial charge in [0.05, 0.1) is 13.7 Å². The summed E-state index contributed by atoms with van der Waals surface area (Å²) in [5.41, 5.74) is 2.65. The van der Waals surface area contributed by atoms with Crippen LogP contribution in [-0.2, 0) is 11.3 Å². The zero-order chi connectivity index (χ0) is 21.9. The molecule has 7 nitrogen and oxygen atoms in total. The molecule has 0 aliphatic carbocycles. The Labute approximate surface area is 178 Å². The average molecular weight is 413 g/mol. The Morgan fingerprint density at radius 3 is 2.50 bits per heavy atom. The van der Waals surface area contributed by atoms with Crippen LogP contribution in [0.1, 0.15) is 32.8 Å². The van der Waals surface area contributed by atoms with Crippen LogP contribution in [0.5, 0.6) is 11.5 Å². The first-order valence-corrected chi connectivity index (χ1v) is 10.1. The van der Waals surface area contributed by atoms with E-state index in [2.05, 4.69) is 20.9 Å². The van der Waals surface area contributed by atoms with E-state index in [1.54, 1.807) is 14.2 Å².